The maximum Gasteiger partial charge on any atom is 0.435 e. The summed E-state index contributed by atoms with van der Waals surface area (Å²) in [5.74, 6) is -0.631. The molecule has 1 N–H and O–H groups in total. The Balaban J connectivity index is 2.58. The maximum atomic E-state index is 12.8. The van der Waals surface area contributed by atoms with E-state index in [4.69, 9.17) is 0 Å². The Morgan fingerprint density at radius 2 is 1.70 bits per heavy atom. The summed E-state index contributed by atoms with van der Waals surface area (Å²) in [5.41, 5.74) is -0.524. The Labute approximate surface area is 179 Å². The number of carbonyl (C=O) groups excluding carboxylic acids is 1. The van der Waals surface area contributed by atoms with Gasteiger partial charge in [-0.05, 0) is 45.8 Å². The molecule has 2 atom stereocenters. The van der Waals surface area contributed by atoms with Gasteiger partial charge in [0.25, 0.3) is 0 Å². The molecule has 174 valence electrons. The van der Waals surface area contributed by atoms with Crippen molar-refractivity contribution in [1.29, 1.82) is 0 Å². The number of rotatable bonds is 14. The summed E-state index contributed by atoms with van der Waals surface area (Å²) in [5, 5.41) is 6.64. The van der Waals surface area contributed by atoms with Gasteiger partial charge in [0.1, 0.15) is 0 Å². The minimum absolute atomic E-state index is 0.0207. The Kier molecular flexibility index (Phi) is 11.4. The highest BCUT2D eigenvalue weighted by atomic mass is 19.4. The molecular formula is C22H39F3N4O. The Bertz CT molecular complexity index is 620. The fourth-order valence-electron chi connectivity index (χ4n) is 3.46. The summed E-state index contributed by atoms with van der Waals surface area (Å²) < 4.78 is 39.8. The monoisotopic (exact) mass is 432 g/mol. The van der Waals surface area contributed by atoms with E-state index in [1.807, 2.05) is 6.92 Å². The summed E-state index contributed by atoms with van der Waals surface area (Å²) in [6, 6.07) is 0.991. The van der Waals surface area contributed by atoms with E-state index in [0.717, 1.165) is 38.5 Å². The molecule has 0 spiro atoms. The summed E-state index contributed by atoms with van der Waals surface area (Å²) in [4.78, 5) is 15.0. The molecule has 8 heteroatoms. The van der Waals surface area contributed by atoms with Crippen molar-refractivity contribution in [3.8, 4) is 0 Å². The van der Waals surface area contributed by atoms with Gasteiger partial charge in [-0.25, -0.2) is 0 Å². The first kappa shape index (κ1) is 26.5. The molecule has 0 radical (unpaired) electrons. The number of alkyl halides is 3. The van der Waals surface area contributed by atoms with Gasteiger partial charge in [-0.15, -0.1) is 0 Å². The van der Waals surface area contributed by atoms with Crippen LogP contribution in [0.15, 0.2) is 6.07 Å². The fraction of sp³-hybridized carbons (Fsp3) is 0.818. The third-order valence-electron chi connectivity index (χ3n) is 5.24. The van der Waals surface area contributed by atoms with Crippen LogP contribution in [0.4, 0.5) is 13.2 Å². The SMILES string of the molecule is CCCCCN(CCCCC)CC(C)NC(=O)C(C)Cn1nc(C(F)(F)F)cc1C. The standard InChI is InChI=1S/C22H39F3N4O/c1-6-8-10-12-28(13-11-9-7-2)16-18(4)26-21(30)17(3)15-29-19(5)14-20(27-29)22(23,24)25/h14,17-18H,6-13,15-16H2,1-5H3,(H,26,30). The summed E-state index contributed by atoms with van der Waals surface area (Å²) in [6.45, 7) is 12.6. The van der Waals surface area contributed by atoms with E-state index in [1.165, 1.54) is 30.4 Å². The van der Waals surface area contributed by atoms with Crippen LogP contribution in [0.2, 0.25) is 0 Å². The van der Waals surface area contributed by atoms with E-state index in [9.17, 15) is 18.0 Å². The summed E-state index contributed by atoms with van der Waals surface area (Å²) >= 11 is 0. The zero-order valence-electron chi connectivity index (χ0n) is 19.2. The van der Waals surface area contributed by atoms with Gasteiger partial charge >= 0.3 is 6.18 Å². The van der Waals surface area contributed by atoms with Gasteiger partial charge in [0.15, 0.2) is 5.69 Å². The number of aromatic nitrogens is 2. The third kappa shape index (κ3) is 9.49. The van der Waals surface area contributed by atoms with Crippen molar-refractivity contribution < 1.29 is 18.0 Å². The minimum Gasteiger partial charge on any atom is -0.352 e. The third-order valence-corrected chi connectivity index (χ3v) is 5.24. The van der Waals surface area contributed by atoms with E-state index in [-0.39, 0.29) is 18.5 Å². The molecule has 1 amide bonds. The van der Waals surface area contributed by atoms with Gasteiger partial charge in [-0.2, -0.15) is 18.3 Å². The highest BCUT2D eigenvalue weighted by molar-refractivity contribution is 5.78. The fourth-order valence-corrected chi connectivity index (χ4v) is 3.46. The van der Waals surface area contributed by atoms with Gasteiger partial charge in [0.2, 0.25) is 5.91 Å². The first-order chi connectivity index (χ1) is 14.1. The predicted molar refractivity (Wildman–Crippen MR) is 114 cm³/mol. The molecule has 30 heavy (non-hydrogen) atoms. The average molecular weight is 433 g/mol. The molecule has 0 saturated heterocycles. The second-order valence-corrected chi connectivity index (χ2v) is 8.38. The number of nitrogens with one attached hydrogen (secondary N) is 1. The van der Waals surface area contributed by atoms with Crippen LogP contribution in [0.3, 0.4) is 0 Å². The van der Waals surface area contributed by atoms with E-state index < -0.39 is 17.8 Å². The number of unbranched alkanes of at least 4 members (excludes halogenated alkanes) is 4. The molecule has 0 saturated carbocycles. The number of hydrogen-bond acceptors (Lipinski definition) is 3. The lowest BCUT2D eigenvalue weighted by Gasteiger charge is -2.27. The van der Waals surface area contributed by atoms with E-state index in [0.29, 0.717) is 5.69 Å². The molecule has 1 heterocycles. The molecule has 2 unspecified atom stereocenters. The second-order valence-electron chi connectivity index (χ2n) is 8.38. The molecule has 0 aliphatic rings. The molecule has 1 aromatic rings. The van der Waals surface area contributed by atoms with E-state index in [1.54, 1.807) is 13.8 Å². The van der Waals surface area contributed by atoms with Crippen molar-refractivity contribution in [1.82, 2.24) is 20.0 Å². The molecule has 1 rings (SSSR count). The molecule has 5 nitrogen and oxygen atoms in total. The van der Waals surface area contributed by atoms with Crippen LogP contribution >= 0.6 is 0 Å². The van der Waals surface area contributed by atoms with Gasteiger partial charge in [-0.1, -0.05) is 46.5 Å². The van der Waals surface area contributed by atoms with Crippen LogP contribution in [0, 0.1) is 12.8 Å². The van der Waals surface area contributed by atoms with Crippen LogP contribution in [0.25, 0.3) is 0 Å². The number of nitrogens with zero attached hydrogens (tertiary/aromatic N) is 3. The predicted octanol–water partition coefficient (Wildman–Crippen LogP) is 5.03. The smallest absolute Gasteiger partial charge is 0.352 e. The number of aryl methyl sites for hydroxylation is 1. The Hall–Kier alpha value is -1.57. The second kappa shape index (κ2) is 13.0. The highest BCUT2D eigenvalue weighted by Gasteiger charge is 2.34. The van der Waals surface area contributed by atoms with Crippen molar-refractivity contribution in [3.05, 3.63) is 17.5 Å². The number of amides is 1. The lowest BCUT2D eigenvalue weighted by atomic mass is 10.1. The van der Waals surface area contributed by atoms with Gasteiger partial charge < -0.3 is 10.2 Å². The number of halogens is 3. The first-order valence-corrected chi connectivity index (χ1v) is 11.2. The maximum absolute atomic E-state index is 12.8. The van der Waals surface area contributed by atoms with Crippen molar-refractivity contribution in [3.63, 3.8) is 0 Å². The van der Waals surface area contributed by atoms with E-state index >= 15 is 0 Å². The van der Waals surface area contributed by atoms with Crippen molar-refractivity contribution in [2.45, 2.75) is 91.9 Å². The van der Waals surface area contributed by atoms with Crippen LogP contribution in [-0.2, 0) is 17.5 Å². The van der Waals surface area contributed by atoms with Crippen molar-refractivity contribution >= 4 is 5.91 Å². The zero-order valence-corrected chi connectivity index (χ0v) is 19.2. The van der Waals surface area contributed by atoms with Crippen LogP contribution in [0.1, 0.15) is 77.6 Å². The molecule has 1 aromatic heterocycles. The first-order valence-electron chi connectivity index (χ1n) is 11.2. The molecular weight excluding hydrogens is 393 g/mol. The lowest BCUT2D eigenvalue weighted by Crippen LogP contribution is -2.45. The van der Waals surface area contributed by atoms with Gasteiger partial charge in [0.05, 0.1) is 12.5 Å². The van der Waals surface area contributed by atoms with Crippen molar-refractivity contribution in [2.24, 2.45) is 5.92 Å². The minimum atomic E-state index is -4.48. The Morgan fingerprint density at radius 3 is 2.17 bits per heavy atom. The summed E-state index contributed by atoms with van der Waals surface area (Å²) in [7, 11) is 0. The number of carbonyl (C=O) groups is 1. The zero-order chi connectivity index (χ0) is 22.7. The molecule has 0 aliphatic carbocycles. The molecule has 0 aliphatic heterocycles. The molecule has 0 aromatic carbocycles. The average Bonchev–Trinajstić information content (AvgIpc) is 3.02. The molecule has 0 bridgehead atoms. The van der Waals surface area contributed by atoms with Crippen LogP contribution in [-0.4, -0.2) is 46.3 Å². The largest absolute Gasteiger partial charge is 0.435 e. The topological polar surface area (TPSA) is 50.2 Å². The highest BCUT2D eigenvalue weighted by Crippen LogP contribution is 2.28. The van der Waals surface area contributed by atoms with Crippen LogP contribution in [0.5, 0.6) is 0 Å². The van der Waals surface area contributed by atoms with Crippen LogP contribution < -0.4 is 5.32 Å². The molecule has 0 fully saturated rings. The Morgan fingerprint density at radius 1 is 1.13 bits per heavy atom. The normalized spacial score (nSPS) is 14.2. The lowest BCUT2D eigenvalue weighted by molar-refractivity contribution is -0.141. The van der Waals surface area contributed by atoms with Gasteiger partial charge in [-0.3, -0.25) is 9.48 Å². The van der Waals surface area contributed by atoms with E-state index in [2.05, 4.69) is 29.2 Å². The summed E-state index contributed by atoms with van der Waals surface area (Å²) in [6.07, 6.45) is 2.58. The quantitative estimate of drug-likeness (QED) is 0.419. The van der Waals surface area contributed by atoms with Crippen molar-refractivity contribution in [2.75, 3.05) is 19.6 Å². The van der Waals surface area contributed by atoms with Gasteiger partial charge in [0, 0.05) is 18.3 Å². The number of hydrogen-bond donors (Lipinski definition) is 1.